The molecular weight excluding hydrogens is 374 g/mol. The molecule has 0 unspecified atom stereocenters. The zero-order valence-electron chi connectivity index (χ0n) is 17.2. The summed E-state index contributed by atoms with van der Waals surface area (Å²) in [5.74, 6) is 0.130. The highest BCUT2D eigenvalue weighted by Gasteiger charge is 2.38. The SMILES string of the molecule is Cc1cc(C(=O)N[C@H]2C[C@H]3CO[C@H](C(C)C)CN3C2)c2c(=O)[nH]c(=O)n(C)c2n1. The maximum absolute atomic E-state index is 13.1. The first-order chi connectivity index (χ1) is 13.7. The van der Waals surface area contributed by atoms with Gasteiger partial charge in [0, 0.05) is 37.9 Å². The van der Waals surface area contributed by atoms with E-state index in [9.17, 15) is 14.4 Å². The Bertz CT molecular complexity index is 1070. The van der Waals surface area contributed by atoms with E-state index in [0.29, 0.717) is 24.3 Å². The molecule has 2 N–H and O–H groups in total. The summed E-state index contributed by atoms with van der Waals surface area (Å²) >= 11 is 0. The Morgan fingerprint density at radius 2 is 2.10 bits per heavy atom. The van der Waals surface area contributed by atoms with E-state index in [4.69, 9.17) is 4.74 Å². The van der Waals surface area contributed by atoms with Gasteiger partial charge in [0.05, 0.1) is 23.7 Å². The number of nitrogens with zero attached hydrogens (tertiary/aromatic N) is 3. The van der Waals surface area contributed by atoms with Crippen LogP contribution in [0.15, 0.2) is 15.7 Å². The maximum Gasteiger partial charge on any atom is 0.329 e. The Morgan fingerprint density at radius 3 is 2.83 bits per heavy atom. The van der Waals surface area contributed by atoms with Gasteiger partial charge in [-0.3, -0.25) is 24.0 Å². The van der Waals surface area contributed by atoms with E-state index < -0.39 is 11.2 Å². The minimum absolute atomic E-state index is 0.0165. The molecule has 2 aromatic heterocycles. The van der Waals surface area contributed by atoms with Crippen molar-refractivity contribution in [3.8, 4) is 0 Å². The highest BCUT2D eigenvalue weighted by atomic mass is 16.5. The zero-order chi connectivity index (χ0) is 20.9. The highest BCUT2D eigenvalue weighted by Crippen LogP contribution is 2.26. The van der Waals surface area contributed by atoms with Crippen LogP contribution in [0.25, 0.3) is 11.0 Å². The first-order valence-corrected chi connectivity index (χ1v) is 10.0. The zero-order valence-corrected chi connectivity index (χ0v) is 17.2. The molecule has 2 aromatic rings. The summed E-state index contributed by atoms with van der Waals surface area (Å²) in [7, 11) is 1.52. The van der Waals surface area contributed by atoms with E-state index in [1.165, 1.54) is 11.6 Å². The number of ether oxygens (including phenoxy) is 1. The third-order valence-electron chi connectivity index (χ3n) is 5.97. The molecule has 4 rings (SSSR count). The molecule has 0 aliphatic carbocycles. The largest absolute Gasteiger partial charge is 0.375 e. The normalized spacial score (nSPS) is 24.8. The molecule has 0 radical (unpaired) electrons. The monoisotopic (exact) mass is 401 g/mol. The van der Waals surface area contributed by atoms with E-state index in [0.717, 1.165) is 19.5 Å². The molecule has 2 aliphatic heterocycles. The second-order valence-electron chi connectivity index (χ2n) is 8.46. The van der Waals surface area contributed by atoms with Gasteiger partial charge in [-0.15, -0.1) is 0 Å². The van der Waals surface area contributed by atoms with Gasteiger partial charge < -0.3 is 10.1 Å². The second kappa shape index (κ2) is 7.38. The third kappa shape index (κ3) is 3.60. The van der Waals surface area contributed by atoms with Crippen molar-refractivity contribution in [3.05, 3.63) is 38.2 Å². The lowest BCUT2D eigenvalue weighted by atomic mass is 10.0. The van der Waals surface area contributed by atoms with E-state index in [-0.39, 0.29) is 34.6 Å². The lowest BCUT2D eigenvalue weighted by Crippen LogP contribution is -2.48. The Kier molecular flexibility index (Phi) is 5.04. The predicted molar refractivity (Wildman–Crippen MR) is 108 cm³/mol. The van der Waals surface area contributed by atoms with Gasteiger partial charge in [0.25, 0.3) is 11.5 Å². The van der Waals surface area contributed by atoms with Gasteiger partial charge in [-0.25, -0.2) is 9.78 Å². The summed E-state index contributed by atoms with van der Waals surface area (Å²) in [6.07, 6.45) is 1.03. The molecule has 2 aliphatic rings. The quantitative estimate of drug-likeness (QED) is 0.758. The Labute approximate surface area is 168 Å². The van der Waals surface area contributed by atoms with Gasteiger partial charge in [-0.1, -0.05) is 13.8 Å². The summed E-state index contributed by atoms with van der Waals surface area (Å²) in [5.41, 5.74) is -0.135. The van der Waals surface area contributed by atoms with Crippen LogP contribution in [-0.2, 0) is 11.8 Å². The number of nitrogens with one attached hydrogen (secondary N) is 2. The van der Waals surface area contributed by atoms with Crippen LogP contribution in [-0.4, -0.2) is 63.2 Å². The van der Waals surface area contributed by atoms with Gasteiger partial charge in [0.1, 0.15) is 5.65 Å². The van der Waals surface area contributed by atoms with Crippen LogP contribution in [0, 0.1) is 12.8 Å². The van der Waals surface area contributed by atoms with Gasteiger partial charge in [-0.05, 0) is 25.3 Å². The molecule has 2 fully saturated rings. The summed E-state index contributed by atoms with van der Waals surface area (Å²) in [5, 5.41) is 3.21. The predicted octanol–water partition coefficient (Wildman–Crippen LogP) is 0.158. The van der Waals surface area contributed by atoms with Crippen molar-refractivity contribution >= 4 is 16.9 Å². The van der Waals surface area contributed by atoms with E-state index in [1.54, 1.807) is 13.0 Å². The number of aryl methyl sites for hydroxylation is 2. The first kappa shape index (κ1) is 19.8. The number of H-pyrrole nitrogens is 1. The van der Waals surface area contributed by atoms with Crippen molar-refractivity contribution in [1.29, 1.82) is 0 Å². The molecule has 0 bridgehead atoms. The van der Waals surface area contributed by atoms with Crippen LogP contribution in [0.5, 0.6) is 0 Å². The van der Waals surface area contributed by atoms with Crippen molar-refractivity contribution in [2.45, 2.75) is 45.4 Å². The number of aromatic amines is 1. The number of carbonyl (C=O) groups excluding carboxylic acids is 1. The molecule has 0 saturated carbocycles. The topological polar surface area (TPSA) is 109 Å². The smallest absolute Gasteiger partial charge is 0.329 e. The number of aromatic nitrogens is 3. The van der Waals surface area contributed by atoms with E-state index in [2.05, 4.69) is 34.0 Å². The lowest BCUT2D eigenvalue weighted by molar-refractivity contribution is -0.0683. The summed E-state index contributed by atoms with van der Waals surface area (Å²) in [4.78, 5) is 46.3. The average molecular weight is 401 g/mol. The number of hydrogen-bond donors (Lipinski definition) is 2. The molecule has 2 saturated heterocycles. The van der Waals surface area contributed by atoms with Crippen LogP contribution in [0.2, 0.25) is 0 Å². The number of hydrogen-bond acceptors (Lipinski definition) is 6. The van der Waals surface area contributed by atoms with Crippen molar-refractivity contribution in [2.24, 2.45) is 13.0 Å². The standard InChI is InChI=1S/C20H27N5O4/c1-10(2)15-8-25-7-12(6-13(25)9-29-15)22-18(26)14-5-11(3)21-17-16(14)19(27)23-20(28)24(17)4/h5,10,12-13,15H,6-9H2,1-4H3,(H,22,26)(H,23,27,28)/t12-,13-,15-/m0/s1. The summed E-state index contributed by atoms with van der Waals surface area (Å²) in [6.45, 7) is 8.35. The number of amides is 1. The maximum atomic E-state index is 13.1. The first-order valence-electron chi connectivity index (χ1n) is 10.0. The van der Waals surface area contributed by atoms with E-state index >= 15 is 0 Å². The molecule has 0 spiro atoms. The highest BCUT2D eigenvalue weighted by molar-refractivity contribution is 6.05. The minimum Gasteiger partial charge on any atom is -0.375 e. The Hall–Kier alpha value is -2.52. The molecule has 3 atom stereocenters. The molecule has 29 heavy (non-hydrogen) atoms. The lowest BCUT2D eigenvalue weighted by Gasteiger charge is -2.36. The van der Waals surface area contributed by atoms with Crippen LogP contribution in [0.4, 0.5) is 0 Å². The molecule has 1 amide bonds. The van der Waals surface area contributed by atoms with Crippen molar-refractivity contribution < 1.29 is 9.53 Å². The fraction of sp³-hybridized carbons (Fsp3) is 0.600. The Morgan fingerprint density at radius 1 is 1.34 bits per heavy atom. The summed E-state index contributed by atoms with van der Waals surface area (Å²) < 4.78 is 7.21. The molecule has 156 valence electrons. The van der Waals surface area contributed by atoms with Gasteiger partial charge in [0.15, 0.2) is 0 Å². The molecule has 9 nitrogen and oxygen atoms in total. The number of fused-ring (bicyclic) bond motifs is 2. The van der Waals surface area contributed by atoms with Crippen LogP contribution >= 0.6 is 0 Å². The third-order valence-corrected chi connectivity index (χ3v) is 5.97. The minimum atomic E-state index is -0.599. The van der Waals surface area contributed by atoms with Crippen molar-refractivity contribution in [3.63, 3.8) is 0 Å². The van der Waals surface area contributed by atoms with Gasteiger partial charge in [-0.2, -0.15) is 0 Å². The molecule has 4 heterocycles. The Balaban J connectivity index is 1.59. The average Bonchev–Trinajstić information content (AvgIpc) is 3.06. The number of carbonyl (C=O) groups is 1. The van der Waals surface area contributed by atoms with E-state index in [1.807, 2.05) is 0 Å². The number of rotatable bonds is 3. The van der Waals surface area contributed by atoms with Gasteiger partial charge in [0.2, 0.25) is 0 Å². The molecule has 0 aromatic carbocycles. The van der Waals surface area contributed by atoms with Crippen molar-refractivity contribution in [2.75, 3.05) is 19.7 Å². The fourth-order valence-corrected chi connectivity index (χ4v) is 4.31. The fourth-order valence-electron chi connectivity index (χ4n) is 4.31. The van der Waals surface area contributed by atoms with Crippen LogP contribution in [0.1, 0.15) is 36.3 Å². The molecule has 9 heteroatoms. The van der Waals surface area contributed by atoms with Crippen molar-refractivity contribution in [1.82, 2.24) is 24.8 Å². The van der Waals surface area contributed by atoms with Crippen LogP contribution < -0.4 is 16.6 Å². The number of pyridine rings is 1. The molecular formula is C20H27N5O4. The summed E-state index contributed by atoms with van der Waals surface area (Å²) in [6, 6.07) is 1.88. The number of morpholine rings is 1. The van der Waals surface area contributed by atoms with Gasteiger partial charge >= 0.3 is 5.69 Å². The van der Waals surface area contributed by atoms with Crippen LogP contribution in [0.3, 0.4) is 0 Å². The second-order valence-corrected chi connectivity index (χ2v) is 8.46.